The summed E-state index contributed by atoms with van der Waals surface area (Å²) in [7, 11) is 0. The van der Waals surface area contributed by atoms with E-state index >= 15 is 0 Å². The molecule has 2 N–H and O–H groups in total. The van der Waals surface area contributed by atoms with Crippen LogP contribution in [0, 0.1) is 5.82 Å². The zero-order chi connectivity index (χ0) is 22.1. The number of aromatic hydroxyl groups is 1. The van der Waals surface area contributed by atoms with Gasteiger partial charge in [0.2, 0.25) is 6.79 Å². The fraction of sp³-hybridized carbons (Fsp3) is 0.240. The first-order valence-corrected chi connectivity index (χ1v) is 10.5. The molecule has 0 saturated heterocycles. The van der Waals surface area contributed by atoms with Gasteiger partial charge in [-0.15, -0.1) is 0 Å². The summed E-state index contributed by atoms with van der Waals surface area (Å²) in [6.45, 7) is 2.53. The van der Waals surface area contributed by atoms with Gasteiger partial charge in [0.15, 0.2) is 23.0 Å². The molecule has 0 amide bonds. The molecule has 3 aromatic rings. The number of para-hydroxylation sites is 1. The van der Waals surface area contributed by atoms with Crippen molar-refractivity contribution in [3.63, 3.8) is 0 Å². The van der Waals surface area contributed by atoms with E-state index in [1.807, 2.05) is 37.3 Å². The smallest absolute Gasteiger partial charge is 0.231 e. The second-order valence-electron chi connectivity index (χ2n) is 7.65. The molecule has 0 unspecified atom stereocenters. The molecule has 3 aromatic carbocycles. The third kappa shape index (κ3) is 3.87. The fourth-order valence-electron chi connectivity index (χ4n) is 4.07. The maximum Gasteiger partial charge on any atom is 0.231 e. The lowest BCUT2D eigenvalue weighted by Gasteiger charge is -2.31. The summed E-state index contributed by atoms with van der Waals surface area (Å²) >= 11 is 0. The van der Waals surface area contributed by atoms with Crippen LogP contribution < -0.4 is 19.5 Å². The van der Waals surface area contributed by atoms with Crippen LogP contribution in [-0.4, -0.2) is 24.2 Å². The van der Waals surface area contributed by atoms with Gasteiger partial charge in [0.1, 0.15) is 12.0 Å². The van der Waals surface area contributed by atoms with E-state index in [0.717, 1.165) is 22.4 Å². The zero-order valence-electron chi connectivity index (χ0n) is 17.5. The van der Waals surface area contributed by atoms with Crippen molar-refractivity contribution in [3.8, 4) is 23.0 Å². The fourth-order valence-corrected chi connectivity index (χ4v) is 4.07. The normalized spacial score (nSPS) is 19.5. The first kappa shape index (κ1) is 20.3. The van der Waals surface area contributed by atoms with Crippen LogP contribution in [0.15, 0.2) is 65.7 Å². The van der Waals surface area contributed by atoms with Crippen LogP contribution in [0.3, 0.4) is 0 Å². The number of phenols is 1. The summed E-state index contributed by atoms with van der Waals surface area (Å²) in [5.41, 5.74) is 3.31. The van der Waals surface area contributed by atoms with Crippen LogP contribution in [-0.2, 0) is 0 Å². The van der Waals surface area contributed by atoms with Crippen molar-refractivity contribution in [1.29, 1.82) is 0 Å². The van der Waals surface area contributed by atoms with Gasteiger partial charge in [-0.2, -0.15) is 0 Å². The molecule has 0 fully saturated rings. The summed E-state index contributed by atoms with van der Waals surface area (Å²) in [6, 6.07) is 17.3. The Hall–Kier alpha value is -3.58. The molecule has 2 heterocycles. The molecule has 0 aromatic heterocycles. The van der Waals surface area contributed by atoms with E-state index in [1.54, 1.807) is 18.2 Å². The number of hydrogen-bond acceptors (Lipinski definition) is 6. The molecule has 5 rings (SSSR count). The zero-order valence-corrected chi connectivity index (χ0v) is 17.5. The topological polar surface area (TPSA) is 72.3 Å². The second kappa shape index (κ2) is 8.51. The van der Waals surface area contributed by atoms with Gasteiger partial charge >= 0.3 is 0 Å². The SMILES string of the molecule is CCOc1cccc([C@@H]2CC(c3ccc4c(c3)OCO4)=N[C@@H](c3ccc(F)cc3)N2)c1O. The van der Waals surface area contributed by atoms with E-state index in [0.29, 0.717) is 30.3 Å². The summed E-state index contributed by atoms with van der Waals surface area (Å²) in [6.07, 6.45) is 0.130. The van der Waals surface area contributed by atoms with Crippen LogP contribution in [0.1, 0.15) is 42.2 Å². The molecule has 0 bridgehead atoms. The minimum absolute atomic E-state index is 0.108. The van der Waals surface area contributed by atoms with E-state index in [-0.39, 0.29) is 24.4 Å². The maximum absolute atomic E-state index is 13.5. The Kier molecular flexibility index (Phi) is 5.41. The lowest BCUT2D eigenvalue weighted by atomic mass is 9.93. The molecule has 32 heavy (non-hydrogen) atoms. The van der Waals surface area contributed by atoms with Gasteiger partial charge in [0.25, 0.3) is 0 Å². The molecule has 2 atom stereocenters. The van der Waals surface area contributed by atoms with Gasteiger partial charge in [0.05, 0.1) is 6.61 Å². The number of rotatable bonds is 5. The Morgan fingerprint density at radius 3 is 2.72 bits per heavy atom. The van der Waals surface area contributed by atoms with Gasteiger partial charge in [-0.3, -0.25) is 10.3 Å². The highest BCUT2D eigenvalue weighted by Gasteiger charge is 2.29. The molecule has 0 saturated carbocycles. The number of fused-ring (bicyclic) bond motifs is 1. The van der Waals surface area contributed by atoms with Crippen LogP contribution in [0.2, 0.25) is 0 Å². The standard InChI is InChI=1S/C25H23FN2O4/c1-2-30-22-5-3-4-18(24(22)29)20-13-19(16-8-11-21-23(12-16)32-14-31-21)27-25(28-20)15-6-9-17(26)10-7-15/h3-12,20,25,28-29H,2,13-14H2,1H3/t20-,25+/m0/s1. The summed E-state index contributed by atoms with van der Waals surface area (Å²) in [4.78, 5) is 4.92. The second-order valence-corrected chi connectivity index (χ2v) is 7.65. The predicted octanol–water partition coefficient (Wildman–Crippen LogP) is 4.88. The monoisotopic (exact) mass is 434 g/mol. The van der Waals surface area contributed by atoms with Crippen molar-refractivity contribution in [2.75, 3.05) is 13.4 Å². The van der Waals surface area contributed by atoms with Crippen LogP contribution >= 0.6 is 0 Å². The van der Waals surface area contributed by atoms with E-state index < -0.39 is 6.17 Å². The minimum Gasteiger partial charge on any atom is -0.504 e. The number of nitrogens with zero attached hydrogens (tertiary/aromatic N) is 1. The van der Waals surface area contributed by atoms with Crippen molar-refractivity contribution in [2.24, 2.45) is 4.99 Å². The highest BCUT2D eigenvalue weighted by Crippen LogP contribution is 2.40. The Morgan fingerprint density at radius 2 is 1.91 bits per heavy atom. The number of benzene rings is 3. The molecule has 2 aliphatic rings. The molecule has 0 radical (unpaired) electrons. The molecule has 7 heteroatoms. The average Bonchev–Trinajstić information content (AvgIpc) is 3.29. The number of ether oxygens (including phenoxy) is 3. The third-order valence-corrected chi connectivity index (χ3v) is 5.64. The molecule has 6 nitrogen and oxygen atoms in total. The maximum atomic E-state index is 13.5. The van der Waals surface area contributed by atoms with E-state index in [1.165, 1.54) is 12.1 Å². The number of aliphatic imine (C=N–C) groups is 1. The van der Waals surface area contributed by atoms with Crippen molar-refractivity contribution >= 4 is 5.71 Å². The summed E-state index contributed by atoms with van der Waals surface area (Å²) in [5.74, 6) is 1.63. The Morgan fingerprint density at radius 1 is 1.09 bits per heavy atom. The first-order valence-electron chi connectivity index (χ1n) is 10.5. The van der Waals surface area contributed by atoms with Gasteiger partial charge in [-0.05, 0) is 54.4 Å². The molecule has 164 valence electrons. The number of nitrogens with one attached hydrogen (secondary N) is 1. The van der Waals surface area contributed by atoms with Crippen molar-refractivity contribution < 1.29 is 23.7 Å². The largest absolute Gasteiger partial charge is 0.504 e. The van der Waals surface area contributed by atoms with Crippen LogP contribution in [0.25, 0.3) is 0 Å². The Labute approximate surface area is 185 Å². The number of phenolic OH excluding ortho intramolecular Hbond substituents is 1. The summed E-state index contributed by atoms with van der Waals surface area (Å²) in [5, 5.41) is 14.3. The quantitative estimate of drug-likeness (QED) is 0.599. The lowest BCUT2D eigenvalue weighted by Crippen LogP contribution is -2.33. The van der Waals surface area contributed by atoms with Gasteiger partial charge in [0, 0.05) is 23.7 Å². The van der Waals surface area contributed by atoms with Crippen molar-refractivity contribution in [2.45, 2.75) is 25.6 Å². The van der Waals surface area contributed by atoms with Gasteiger partial charge in [-0.25, -0.2) is 4.39 Å². The molecular weight excluding hydrogens is 411 g/mol. The molecular formula is C25H23FN2O4. The van der Waals surface area contributed by atoms with Crippen molar-refractivity contribution in [1.82, 2.24) is 5.32 Å². The van der Waals surface area contributed by atoms with Crippen LogP contribution in [0.4, 0.5) is 4.39 Å². The first-order chi connectivity index (χ1) is 15.6. The third-order valence-electron chi connectivity index (χ3n) is 5.64. The van der Waals surface area contributed by atoms with E-state index in [2.05, 4.69) is 5.32 Å². The number of halogens is 1. The molecule has 2 aliphatic heterocycles. The van der Waals surface area contributed by atoms with Crippen molar-refractivity contribution in [3.05, 3.63) is 83.2 Å². The average molecular weight is 434 g/mol. The Balaban J connectivity index is 1.55. The highest BCUT2D eigenvalue weighted by molar-refractivity contribution is 6.02. The number of hydrogen-bond donors (Lipinski definition) is 2. The highest BCUT2D eigenvalue weighted by atomic mass is 19.1. The lowest BCUT2D eigenvalue weighted by molar-refractivity contribution is 0.174. The van der Waals surface area contributed by atoms with Crippen LogP contribution in [0.5, 0.6) is 23.0 Å². The van der Waals surface area contributed by atoms with E-state index in [4.69, 9.17) is 19.2 Å². The van der Waals surface area contributed by atoms with E-state index in [9.17, 15) is 9.50 Å². The Bertz CT molecular complexity index is 1160. The molecule has 0 spiro atoms. The predicted molar refractivity (Wildman–Crippen MR) is 118 cm³/mol. The van der Waals surface area contributed by atoms with Gasteiger partial charge in [-0.1, -0.05) is 24.3 Å². The van der Waals surface area contributed by atoms with Gasteiger partial charge < -0.3 is 19.3 Å². The summed E-state index contributed by atoms with van der Waals surface area (Å²) < 4.78 is 30.0. The minimum atomic E-state index is -0.412. The molecule has 0 aliphatic carbocycles.